The lowest BCUT2D eigenvalue weighted by Gasteiger charge is -2.03. The van der Waals surface area contributed by atoms with Crippen molar-refractivity contribution in [2.24, 2.45) is 0 Å². The average molecular weight is 221 g/mol. The Morgan fingerprint density at radius 2 is 1.53 bits per heavy atom. The molecule has 0 aliphatic heterocycles. The summed E-state index contributed by atoms with van der Waals surface area (Å²) in [5.74, 6) is 1.01. The number of aromatic nitrogens is 1. The lowest BCUT2D eigenvalue weighted by atomic mass is 10.2. The lowest BCUT2D eigenvalue weighted by Crippen LogP contribution is -1.88. The monoisotopic (exact) mass is 221 g/mol. The fourth-order valence-electron chi connectivity index (χ4n) is 1.23. The highest BCUT2D eigenvalue weighted by molar-refractivity contribution is 5.36. The van der Waals surface area contributed by atoms with Crippen LogP contribution in [0.2, 0.25) is 0 Å². The number of benzene rings is 1. The van der Waals surface area contributed by atoms with Gasteiger partial charge in [-0.05, 0) is 30.3 Å². The fourth-order valence-corrected chi connectivity index (χ4v) is 1.23. The summed E-state index contributed by atoms with van der Waals surface area (Å²) in [6.45, 7) is 0. The molecule has 0 N–H and O–H groups in total. The van der Waals surface area contributed by atoms with Gasteiger partial charge in [0.05, 0.1) is 17.2 Å². The van der Waals surface area contributed by atoms with E-state index in [1.54, 1.807) is 36.4 Å². The summed E-state index contributed by atoms with van der Waals surface area (Å²) in [4.78, 5) is 3.98. The molecule has 0 radical (unpaired) electrons. The molecule has 2 aromatic rings. The van der Waals surface area contributed by atoms with Gasteiger partial charge in [-0.15, -0.1) is 0 Å². The van der Waals surface area contributed by atoms with Gasteiger partial charge in [-0.2, -0.15) is 10.5 Å². The van der Waals surface area contributed by atoms with Crippen LogP contribution < -0.4 is 4.74 Å². The maximum absolute atomic E-state index is 8.64. The second kappa shape index (κ2) is 4.78. The summed E-state index contributed by atoms with van der Waals surface area (Å²) in [6.07, 6.45) is 1.44. The molecule has 0 bridgehead atoms. The zero-order chi connectivity index (χ0) is 12.1. The zero-order valence-electron chi connectivity index (χ0n) is 8.79. The Hall–Kier alpha value is -2.85. The molecule has 0 fully saturated rings. The molecule has 4 heteroatoms. The predicted octanol–water partition coefficient (Wildman–Crippen LogP) is 2.62. The van der Waals surface area contributed by atoms with E-state index in [0.29, 0.717) is 22.8 Å². The van der Waals surface area contributed by atoms with Gasteiger partial charge in [0.2, 0.25) is 5.88 Å². The molecule has 0 aliphatic carbocycles. The first-order valence-corrected chi connectivity index (χ1v) is 4.86. The number of hydrogen-bond acceptors (Lipinski definition) is 4. The highest BCUT2D eigenvalue weighted by atomic mass is 16.5. The highest BCUT2D eigenvalue weighted by Gasteiger charge is 1.99. The van der Waals surface area contributed by atoms with Gasteiger partial charge >= 0.3 is 0 Å². The molecule has 0 saturated heterocycles. The topological polar surface area (TPSA) is 69.7 Å². The van der Waals surface area contributed by atoms with Crippen molar-refractivity contribution in [3.8, 4) is 23.8 Å². The lowest BCUT2D eigenvalue weighted by molar-refractivity contribution is 0.463. The second-order valence-corrected chi connectivity index (χ2v) is 3.24. The van der Waals surface area contributed by atoms with Crippen LogP contribution in [0.3, 0.4) is 0 Å². The Balaban J connectivity index is 2.14. The van der Waals surface area contributed by atoms with Crippen molar-refractivity contribution in [3.63, 3.8) is 0 Å². The number of nitriles is 2. The molecule has 2 rings (SSSR count). The van der Waals surface area contributed by atoms with Crippen LogP contribution in [0.5, 0.6) is 11.6 Å². The molecule has 0 amide bonds. The van der Waals surface area contributed by atoms with E-state index in [0.717, 1.165) is 0 Å². The molecule has 0 unspecified atom stereocenters. The van der Waals surface area contributed by atoms with E-state index in [1.165, 1.54) is 6.20 Å². The van der Waals surface area contributed by atoms with Crippen molar-refractivity contribution >= 4 is 0 Å². The molecule has 0 aliphatic rings. The molecular formula is C13H7N3O. The van der Waals surface area contributed by atoms with E-state index in [9.17, 15) is 0 Å². The van der Waals surface area contributed by atoms with E-state index < -0.39 is 0 Å². The minimum absolute atomic E-state index is 0.411. The maximum atomic E-state index is 8.64. The van der Waals surface area contributed by atoms with Crippen molar-refractivity contribution < 1.29 is 4.74 Å². The van der Waals surface area contributed by atoms with Crippen molar-refractivity contribution in [2.45, 2.75) is 0 Å². The van der Waals surface area contributed by atoms with E-state index >= 15 is 0 Å². The fraction of sp³-hybridized carbons (Fsp3) is 0. The standard InChI is InChI=1S/C13H7N3O/c14-7-10-1-4-12(5-2-10)17-13-6-3-11(8-15)9-16-13/h1-6,9H. The van der Waals surface area contributed by atoms with Crippen LogP contribution in [0.25, 0.3) is 0 Å². The molecule has 1 heterocycles. The molecule has 0 spiro atoms. The van der Waals surface area contributed by atoms with Crippen molar-refractivity contribution in [1.29, 1.82) is 10.5 Å². The number of ether oxygens (including phenoxy) is 1. The summed E-state index contributed by atoms with van der Waals surface area (Å²) in [5, 5.41) is 17.3. The van der Waals surface area contributed by atoms with Crippen LogP contribution >= 0.6 is 0 Å². The van der Waals surface area contributed by atoms with E-state index in [-0.39, 0.29) is 0 Å². The average Bonchev–Trinajstić information content (AvgIpc) is 2.40. The Morgan fingerprint density at radius 3 is 2.06 bits per heavy atom. The molecule has 17 heavy (non-hydrogen) atoms. The van der Waals surface area contributed by atoms with Crippen molar-refractivity contribution in [1.82, 2.24) is 4.98 Å². The Morgan fingerprint density at radius 1 is 0.882 bits per heavy atom. The number of rotatable bonds is 2. The number of nitrogens with zero attached hydrogens (tertiary/aromatic N) is 3. The normalized spacial score (nSPS) is 9.06. The molecule has 1 aromatic heterocycles. The first-order chi connectivity index (χ1) is 8.31. The molecule has 4 nitrogen and oxygen atoms in total. The predicted molar refractivity (Wildman–Crippen MR) is 60.2 cm³/mol. The van der Waals surface area contributed by atoms with E-state index in [2.05, 4.69) is 4.98 Å². The molecular weight excluding hydrogens is 214 g/mol. The van der Waals surface area contributed by atoms with Crippen LogP contribution in [0.4, 0.5) is 0 Å². The van der Waals surface area contributed by atoms with Crippen LogP contribution in [-0.2, 0) is 0 Å². The molecule has 0 saturated carbocycles. The zero-order valence-corrected chi connectivity index (χ0v) is 8.79. The Kier molecular flexibility index (Phi) is 3.00. The third-order valence-corrected chi connectivity index (χ3v) is 2.07. The molecule has 0 atom stereocenters. The van der Waals surface area contributed by atoms with Crippen LogP contribution in [-0.4, -0.2) is 4.98 Å². The van der Waals surface area contributed by atoms with E-state index in [4.69, 9.17) is 15.3 Å². The van der Waals surface area contributed by atoms with Gasteiger partial charge in [-0.25, -0.2) is 4.98 Å². The van der Waals surface area contributed by atoms with Crippen LogP contribution in [0.1, 0.15) is 11.1 Å². The third kappa shape index (κ3) is 2.58. The smallest absolute Gasteiger partial charge is 0.219 e. The summed E-state index contributed by atoms with van der Waals surface area (Å²) in [5.41, 5.74) is 1.06. The van der Waals surface area contributed by atoms with Crippen molar-refractivity contribution in [3.05, 3.63) is 53.7 Å². The Labute approximate surface area is 98.3 Å². The first-order valence-electron chi connectivity index (χ1n) is 4.86. The van der Waals surface area contributed by atoms with Gasteiger partial charge in [0, 0.05) is 12.3 Å². The van der Waals surface area contributed by atoms with Gasteiger partial charge in [-0.3, -0.25) is 0 Å². The summed E-state index contributed by atoms with van der Waals surface area (Å²) < 4.78 is 5.45. The van der Waals surface area contributed by atoms with Crippen LogP contribution in [0.15, 0.2) is 42.6 Å². The van der Waals surface area contributed by atoms with Gasteiger partial charge in [0.15, 0.2) is 0 Å². The highest BCUT2D eigenvalue weighted by Crippen LogP contribution is 2.19. The quantitative estimate of drug-likeness (QED) is 0.781. The Bertz CT molecular complexity index is 533. The van der Waals surface area contributed by atoms with Gasteiger partial charge < -0.3 is 4.74 Å². The van der Waals surface area contributed by atoms with E-state index in [1.807, 2.05) is 12.1 Å². The molecule has 1 aromatic carbocycles. The van der Waals surface area contributed by atoms with Gasteiger partial charge in [0.1, 0.15) is 11.8 Å². The van der Waals surface area contributed by atoms with Gasteiger partial charge in [-0.1, -0.05) is 0 Å². The minimum atomic E-state index is 0.411. The molecule has 80 valence electrons. The first kappa shape index (κ1) is 10.7. The largest absolute Gasteiger partial charge is 0.439 e. The summed E-state index contributed by atoms with van der Waals surface area (Å²) in [7, 11) is 0. The second-order valence-electron chi connectivity index (χ2n) is 3.24. The van der Waals surface area contributed by atoms with Gasteiger partial charge in [0.25, 0.3) is 0 Å². The SMILES string of the molecule is N#Cc1ccc(Oc2ccc(C#N)cn2)cc1. The van der Waals surface area contributed by atoms with Crippen molar-refractivity contribution in [2.75, 3.05) is 0 Å². The third-order valence-electron chi connectivity index (χ3n) is 2.07. The van der Waals surface area contributed by atoms with Crippen LogP contribution in [0, 0.1) is 22.7 Å². The number of pyridine rings is 1. The summed E-state index contributed by atoms with van der Waals surface area (Å²) in [6, 6.07) is 14.0. The number of hydrogen-bond donors (Lipinski definition) is 0. The maximum Gasteiger partial charge on any atom is 0.219 e. The minimum Gasteiger partial charge on any atom is -0.439 e. The summed E-state index contributed by atoms with van der Waals surface area (Å²) >= 11 is 0.